The zero-order valence-electron chi connectivity index (χ0n) is 29.6. The number of carbonyl (C=O) groups excluding carboxylic acids is 2. The van der Waals surface area contributed by atoms with Gasteiger partial charge in [0.1, 0.15) is 0 Å². The molecule has 0 aromatic heterocycles. The molecule has 1 aliphatic heterocycles. The molecule has 2 N–H and O–H groups in total. The molecule has 6 rings (SSSR count). The predicted octanol–water partition coefficient (Wildman–Crippen LogP) is 7.81. The van der Waals surface area contributed by atoms with Crippen molar-refractivity contribution in [3.8, 4) is 11.1 Å². The Kier molecular flexibility index (Phi) is 11.6. The molecular weight excluding hydrogens is 640 g/mol. The molecule has 1 fully saturated rings. The highest BCUT2D eigenvalue weighted by atomic mass is 16.7. The number of likely N-dealkylation sites (N-methyl/N-ethyl adjacent to an activating group) is 1. The van der Waals surface area contributed by atoms with Gasteiger partial charge in [0.05, 0.1) is 18.8 Å². The van der Waals surface area contributed by atoms with Crippen LogP contribution in [0.15, 0.2) is 115 Å². The van der Waals surface area contributed by atoms with Gasteiger partial charge in [-0.15, -0.1) is 0 Å². The van der Waals surface area contributed by atoms with Crippen molar-refractivity contribution >= 4 is 22.6 Å². The number of amides is 1. The van der Waals surface area contributed by atoms with Crippen molar-refractivity contribution in [1.82, 2.24) is 10.2 Å². The van der Waals surface area contributed by atoms with Gasteiger partial charge in [-0.3, -0.25) is 14.5 Å². The molecule has 8 nitrogen and oxygen atoms in total. The third-order valence-electron chi connectivity index (χ3n) is 9.62. The van der Waals surface area contributed by atoms with Gasteiger partial charge in [-0.25, -0.2) is 0 Å². The predicted molar refractivity (Wildman–Crippen MR) is 198 cm³/mol. The van der Waals surface area contributed by atoms with Gasteiger partial charge in [0, 0.05) is 38.0 Å². The second kappa shape index (κ2) is 16.4. The van der Waals surface area contributed by atoms with Crippen LogP contribution in [-0.4, -0.2) is 47.7 Å². The standard InChI is InChI=1S/C43H46N2O6/c1-28(35-20-19-33-10-5-6-11-37(33)22-35)45(4)26-40-24-41(34-17-15-31(27-46)16-18-34)51-43(50-40)39-14-8-13-38(23-39)36-12-7-9-32(21-36)25-44-42(48)29(2)49-30(3)47/h5-23,28-29,40-41,43,46H,24-27H2,1-4H3,(H,44,48). The van der Waals surface area contributed by atoms with E-state index < -0.39 is 18.4 Å². The van der Waals surface area contributed by atoms with Gasteiger partial charge >= 0.3 is 5.97 Å². The van der Waals surface area contributed by atoms with Crippen LogP contribution in [0.1, 0.15) is 73.4 Å². The summed E-state index contributed by atoms with van der Waals surface area (Å²) in [6.45, 7) is 6.07. The maximum absolute atomic E-state index is 12.4. The van der Waals surface area contributed by atoms with Crippen LogP contribution in [0, 0.1) is 0 Å². The molecule has 5 atom stereocenters. The maximum Gasteiger partial charge on any atom is 0.303 e. The van der Waals surface area contributed by atoms with E-state index in [1.54, 1.807) is 6.92 Å². The first-order valence-corrected chi connectivity index (χ1v) is 17.5. The Morgan fingerprint density at radius 2 is 1.55 bits per heavy atom. The van der Waals surface area contributed by atoms with Crippen LogP contribution in [-0.2, 0) is 37.0 Å². The van der Waals surface area contributed by atoms with Gasteiger partial charge in [-0.05, 0) is 83.2 Å². The molecule has 5 aromatic carbocycles. The Labute approximate surface area is 300 Å². The number of rotatable bonds is 12. The Morgan fingerprint density at radius 3 is 2.29 bits per heavy atom. The number of aliphatic hydroxyl groups excluding tert-OH is 1. The highest BCUT2D eigenvalue weighted by Gasteiger charge is 2.33. The lowest BCUT2D eigenvalue weighted by Gasteiger charge is -2.39. The van der Waals surface area contributed by atoms with Crippen molar-refractivity contribution in [1.29, 1.82) is 0 Å². The molecule has 1 heterocycles. The number of nitrogens with one attached hydrogen (secondary N) is 1. The molecule has 1 amide bonds. The summed E-state index contributed by atoms with van der Waals surface area (Å²) in [5.74, 6) is -0.845. The monoisotopic (exact) mass is 686 g/mol. The fourth-order valence-corrected chi connectivity index (χ4v) is 6.60. The Bertz CT molecular complexity index is 1960. The summed E-state index contributed by atoms with van der Waals surface area (Å²) in [6.07, 6.45) is -1.08. The van der Waals surface area contributed by atoms with Gasteiger partial charge < -0.3 is 24.6 Å². The number of hydrogen-bond acceptors (Lipinski definition) is 7. The van der Waals surface area contributed by atoms with E-state index in [4.69, 9.17) is 14.2 Å². The molecule has 5 aromatic rings. The summed E-state index contributed by atoms with van der Waals surface area (Å²) in [7, 11) is 2.14. The normalized spacial score (nSPS) is 18.7. The van der Waals surface area contributed by atoms with E-state index in [-0.39, 0.29) is 30.8 Å². The molecule has 5 unspecified atom stereocenters. The number of nitrogens with zero attached hydrogens (tertiary/aromatic N) is 1. The zero-order chi connectivity index (χ0) is 35.9. The molecule has 1 aliphatic rings. The fraction of sp³-hybridized carbons (Fsp3) is 0.302. The van der Waals surface area contributed by atoms with Gasteiger partial charge in [0.25, 0.3) is 5.91 Å². The highest BCUT2D eigenvalue weighted by molar-refractivity contribution is 5.83. The third-order valence-corrected chi connectivity index (χ3v) is 9.62. The van der Waals surface area contributed by atoms with E-state index in [1.807, 2.05) is 66.7 Å². The number of fused-ring (bicyclic) bond motifs is 1. The number of esters is 1. The van der Waals surface area contributed by atoms with Gasteiger partial charge in [0.2, 0.25) is 0 Å². The second-order valence-electron chi connectivity index (χ2n) is 13.4. The molecule has 0 bridgehead atoms. The van der Waals surface area contributed by atoms with Crippen molar-refractivity contribution in [2.75, 3.05) is 13.6 Å². The quantitative estimate of drug-likeness (QED) is 0.129. The van der Waals surface area contributed by atoms with Gasteiger partial charge in [-0.1, -0.05) is 97.1 Å². The third kappa shape index (κ3) is 9.09. The molecule has 0 spiro atoms. The summed E-state index contributed by atoms with van der Waals surface area (Å²) in [5, 5.41) is 14.9. The van der Waals surface area contributed by atoms with E-state index in [1.165, 1.54) is 23.3 Å². The van der Waals surface area contributed by atoms with E-state index in [2.05, 4.69) is 72.7 Å². The van der Waals surface area contributed by atoms with Crippen molar-refractivity contribution < 1.29 is 28.9 Å². The number of ether oxygens (including phenoxy) is 3. The van der Waals surface area contributed by atoms with Crippen molar-refractivity contribution in [3.63, 3.8) is 0 Å². The zero-order valence-corrected chi connectivity index (χ0v) is 29.6. The van der Waals surface area contributed by atoms with E-state index in [0.717, 1.165) is 33.4 Å². The minimum absolute atomic E-state index is 0.00855. The minimum Gasteiger partial charge on any atom is -0.453 e. The molecule has 0 saturated carbocycles. The number of carbonyl (C=O) groups is 2. The highest BCUT2D eigenvalue weighted by Crippen LogP contribution is 2.39. The topological polar surface area (TPSA) is 97.3 Å². The number of aliphatic hydroxyl groups is 1. The lowest BCUT2D eigenvalue weighted by molar-refractivity contribution is -0.253. The molecule has 51 heavy (non-hydrogen) atoms. The SMILES string of the molecule is CC(=O)OC(C)C(=O)NCc1cccc(-c2cccc(C3OC(CN(C)C(C)c4ccc5ccccc5c4)CC(c4ccc(CO)cc4)O3)c2)c1. The number of benzene rings is 5. The molecule has 8 heteroatoms. The Morgan fingerprint density at radius 1 is 0.824 bits per heavy atom. The number of hydrogen-bond donors (Lipinski definition) is 2. The maximum atomic E-state index is 12.4. The first kappa shape index (κ1) is 35.9. The average Bonchev–Trinajstić information content (AvgIpc) is 3.16. The lowest BCUT2D eigenvalue weighted by atomic mass is 9.97. The fourth-order valence-electron chi connectivity index (χ4n) is 6.60. The van der Waals surface area contributed by atoms with Crippen LogP contribution < -0.4 is 5.32 Å². The molecular formula is C43H46N2O6. The smallest absolute Gasteiger partial charge is 0.303 e. The molecule has 0 aliphatic carbocycles. The summed E-state index contributed by atoms with van der Waals surface area (Å²) < 4.78 is 18.4. The van der Waals surface area contributed by atoms with Gasteiger partial charge in [0.15, 0.2) is 12.4 Å². The van der Waals surface area contributed by atoms with Crippen molar-refractivity contribution in [2.45, 2.75) is 71.0 Å². The summed E-state index contributed by atoms with van der Waals surface area (Å²) in [5.41, 5.74) is 6.97. The summed E-state index contributed by atoms with van der Waals surface area (Å²) in [4.78, 5) is 26.0. The average molecular weight is 687 g/mol. The first-order valence-electron chi connectivity index (χ1n) is 17.5. The van der Waals surface area contributed by atoms with Crippen molar-refractivity contribution in [2.24, 2.45) is 0 Å². The van der Waals surface area contributed by atoms with Crippen LogP contribution in [0.3, 0.4) is 0 Å². The first-order chi connectivity index (χ1) is 24.7. The Hall–Kier alpha value is -4.86. The largest absolute Gasteiger partial charge is 0.453 e. The van der Waals surface area contributed by atoms with E-state index in [9.17, 15) is 14.7 Å². The minimum atomic E-state index is -0.861. The van der Waals surface area contributed by atoms with E-state index in [0.29, 0.717) is 19.5 Å². The Balaban J connectivity index is 1.20. The van der Waals surface area contributed by atoms with Crippen LogP contribution in [0.2, 0.25) is 0 Å². The van der Waals surface area contributed by atoms with Crippen LogP contribution in [0.4, 0.5) is 0 Å². The van der Waals surface area contributed by atoms with Crippen LogP contribution in [0.25, 0.3) is 21.9 Å². The molecule has 1 saturated heterocycles. The van der Waals surface area contributed by atoms with Crippen LogP contribution in [0.5, 0.6) is 0 Å². The van der Waals surface area contributed by atoms with Gasteiger partial charge in [-0.2, -0.15) is 0 Å². The summed E-state index contributed by atoms with van der Waals surface area (Å²) in [6, 6.07) is 39.4. The second-order valence-corrected chi connectivity index (χ2v) is 13.4. The lowest BCUT2D eigenvalue weighted by Crippen LogP contribution is -2.38. The summed E-state index contributed by atoms with van der Waals surface area (Å²) >= 11 is 0. The van der Waals surface area contributed by atoms with E-state index >= 15 is 0 Å². The molecule has 264 valence electrons. The van der Waals surface area contributed by atoms with Crippen LogP contribution >= 0.6 is 0 Å². The molecule has 0 radical (unpaired) electrons. The van der Waals surface area contributed by atoms with Crippen molar-refractivity contribution in [3.05, 3.63) is 143 Å².